The molecule has 0 unspecified atom stereocenters. The van der Waals surface area contributed by atoms with Crippen LogP contribution in [0.25, 0.3) is 0 Å². The normalized spacial score (nSPS) is 20.7. The van der Waals surface area contributed by atoms with Crippen molar-refractivity contribution in [2.45, 2.75) is 31.7 Å². The van der Waals surface area contributed by atoms with Crippen LogP contribution < -0.4 is 10.6 Å². The largest absolute Gasteiger partial charge is 0.349 e. The Labute approximate surface area is 128 Å². The summed E-state index contributed by atoms with van der Waals surface area (Å²) in [7, 11) is 0. The predicted molar refractivity (Wildman–Crippen MR) is 78.2 cm³/mol. The van der Waals surface area contributed by atoms with E-state index in [-0.39, 0.29) is 30.3 Å². The molecule has 0 aliphatic heterocycles. The molecule has 116 valence electrons. The lowest BCUT2D eigenvalue weighted by Crippen LogP contribution is -2.48. The van der Waals surface area contributed by atoms with Gasteiger partial charge in [-0.2, -0.15) is 5.26 Å². The summed E-state index contributed by atoms with van der Waals surface area (Å²) >= 11 is 0. The molecule has 1 aromatic carbocycles. The minimum Gasteiger partial charge on any atom is -0.349 e. The van der Waals surface area contributed by atoms with E-state index in [2.05, 4.69) is 10.6 Å². The molecule has 1 aliphatic rings. The fourth-order valence-electron chi connectivity index (χ4n) is 2.73. The fourth-order valence-corrected chi connectivity index (χ4v) is 2.73. The Morgan fingerprint density at radius 1 is 1.23 bits per heavy atom. The molecule has 0 bridgehead atoms. The molecular weight excluding hydrogens is 285 g/mol. The standard InChI is InChI=1S/C16H18FN3O2/c17-12-7-5-11(6-8-12)15(21)20-14-4-2-1-3-13(14)16(22)19-10-9-18/h5-8,13-14H,1-4,10H2,(H,19,22)(H,20,21)/t13-,14+/m0/s1. The first-order valence-corrected chi connectivity index (χ1v) is 7.33. The predicted octanol–water partition coefficient (Wildman–Crippen LogP) is 1.75. The molecule has 0 heterocycles. The zero-order valence-electron chi connectivity index (χ0n) is 12.1. The highest BCUT2D eigenvalue weighted by molar-refractivity contribution is 5.94. The molecule has 0 saturated heterocycles. The van der Waals surface area contributed by atoms with Crippen LogP contribution in [0.3, 0.4) is 0 Å². The second-order valence-corrected chi connectivity index (χ2v) is 5.35. The zero-order chi connectivity index (χ0) is 15.9. The van der Waals surface area contributed by atoms with Gasteiger partial charge in [0.1, 0.15) is 12.4 Å². The molecule has 22 heavy (non-hydrogen) atoms. The lowest BCUT2D eigenvalue weighted by Gasteiger charge is -2.31. The quantitative estimate of drug-likeness (QED) is 0.831. The molecule has 6 heteroatoms. The Kier molecular flexibility index (Phi) is 5.48. The number of nitrogens with zero attached hydrogens (tertiary/aromatic N) is 1. The summed E-state index contributed by atoms with van der Waals surface area (Å²) in [5.41, 5.74) is 0.364. The number of nitrogens with one attached hydrogen (secondary N) is 2. The van der Waals surface area contributed by atoms with Crippen molar-refractivity contribution >= 4 is 11.8 Å². The number of hydrogen-bond donors (Lipinski definition) is 2. The van der Waals surface area contributed by atoms with E-state index in [1.165, 1.54) is 24.3 Å². The Bertz CT molecular complexity index is 580. The molecule has 1 fully saturated rings. The summed E-state index contributed by atoms with van der Waals surface area (Å²) < 4.78 is 12.9. The third-order valence-electron chi connectivity index (χ3n) is 3.87. The number of carbonyl (C=O) groups excluding carboxylic acids is 2. The van der Waals surface area contributed by atoms with Gasteiger partial charge in [0, 0.05) is 11.6 Å². The molecular formula is C16H18FN3O2. The number of halogens is 1. The number of carbonyl (C=O) groups is 2. The number of rotatable bonds is 4. The monoisotopic (exact) mass is 303 g/mol. The van der Waals surface area contributed by atoms with E-state index < -0.39 is 5.82 Å². The highest BCUT2D eigenvalue weighted by Crippen LogP contribution is 2.25. The third kappa shape index (κ3) is 4.04. The van der Waals surface area contributed by atoms with Gasteiger partial charge in [-0.05, 0) is 37.1 Å². The van der Waals surface area contributed by atoms with Gasteiger partial charge >= 0.3 is 0 Å². The van der Waals surface area contributed by atoms with Crippen LogP contribution in [0.4, 0.5) is 4.39 Å². The highest BCUT2D eigenvalue weighted by atomic mass is 19.1. The van der Waals surface area contributed by atoms with E-state index in [1.54, 1.807) is 0 Å². The first-order valence-electron chi connectivity index (χ1n) is 7.33. The third-order valence-corrected chi connectivity index (χ3v) is 3.87. The number of amides is 2. The molecule has 2 amide bonds. The lowest BCUT2D eigenvalue weighted by molar-refractivity contribution is -0.126. The Balaban J connectivity index is 2.01. The molecule has 0 radical (unpaired) electrons. The summed E-state index contributed by atoms with van der Waals surface area (Å²) in [6.45, 7) is -0.0338. The first-order chi connectivity index (χ1) is 10.6. The molecule has 1 aromatic rings. The molecule has 1 saturated carbocycles. The topological polar surface area (TPSA) is 82.0 Å². The van der Waals surface area contributed by atoms with E-state index in [9.17, 15) is 14.0 Å². The van der Waals surface area contributed by atoms with Crippen molar-refractivity contribution < 1.29 is 14.0 Å². The van der Waals surface area contributed by atoms with Crippen LogP contribution in [-0.2, 0) is 4.79 Å². The second kappa shape index (κ2) is 7.55. The van der Waals surface area contributed by atoms with E-state index >= 15 is 0 Å². The summed E-state index contributed by atoms with van der Waals surface area (Å²) in [5.74, 6) is -1.25. The van der Waals surface area contributed by atoms with Gasteiger partial charge in [-0.3, -0.25) is 9.59 Å². The Morgan fingerprint density at radius 2 is 1.91 bits per heavy atom. The summed E-state index contributed by atoms with van der Waals surface area (Å²) in [4.78, 5) is 24.3. The van der Waals surface area contributed by atoms with Gasteiger partial charge in [-0.15, -0.1) is 0 Å². The summed E-state index contributed by atoms with van der Waals surface area (Å²) in [5, 5.41) is 13.9. The molecule has 2 N–H and O–H groups in total. The van der Waals surface area contributed by atoms with Crippen molar-refractivity contribution in [3.8, 4) is 6.07 Å². The van der Waals surface area contributed by atoms with Gasteiger partial charge in [-0.1, -0.05) is 12.8 Å². The van der Waals surface area contributed by atoms with Gasteiger partial charge in [0.25, 0.3) is 5.91 Å². The van der Waals surface area contributed by atoms with Crippen LogP contribution in [0.1, 0.15) is 36.0 Å². The van der Waals surface area contributed by atoms with Crippen molar-refractivity contribution in [3.05, 3.63) is 35.6 Å². The van der Waals surface area contributed by atoms with E-state index in [0.717, 1.165) is 19.3 Å². The SMILES string of the molecule is N#CCNC(=O)[C@H]1CCCC[C@H]1NC(=O)c1ccc(F)cc1. The van der Waals surface area contributed by atoms with Crippen molar-refractivity contribution in [3.63, 3.8) is 0 Å². The maximum Gasteiger partial charge on any atom is 0.251 e. The van der Waals surface area contributed by atoms with E-state index in [1.807, 2.05) is 6.07 Å². The smallest absolute Gasteiger partial charge is 0.251 e. The fraction of sp³-hybridized carbons (Fsp3) is 0.438. The average molecular weight is 303 g/mol. The Hall–Kier alpha value is -2.42. The highest BCUT2D eigenvalue weighted by Gasteiger charge is 2.31. The van der Waals surface area contributed by atoms with Gasteiger partial charge in [0.15, 0.2) is 0 Å². The van der Waals surface area contributed by atoms with E-state index in [4.69, 9.17) is 5.26 Å². The minimum atomic E-state index is -0.400. The lowest BCUT2D eigenvalue weighted by atomic mass is 9.83. The van der Waals surface area contributed by atoms with Crippen molar-refractivity contribution in [1.82, 2.24) is 10.6 Å². The maximum absolute atomic E-state index is 12.9. The first kappa shape index (κ1) is 16.0. The van der Waals surface area contributed by atoms with Crippen LogP contribution in [0.15, 0.2) is 24.3 Å². The number of nitriles is 1. The van der Waals surface area contributed by atoms with Crippen LogP contribution in [-0.4, -0.2) is 24.4 Å². The molecule has 0 aromatic heterocycles. The zero-order valence-corrected chi connectivity index (χ0v) is 12.1. The minimum absolute atomic E-state index is 0.0338. The van der Waals surface area contributed by atoms with Crippen molar-refractivity contribution in [1.29, 1.82) is 5.26 Å². The van der Waals surface area contributed by atoms with Crippen molar-refractivity contribution in [2.75, 3.05) is 6.54 Å². The summed E-state index contributed by atoms with van der Waals surface area (Å²) in [6.07, 6.45) is 3.27. The second-order valence-electron chi connectivity index (χ2n) is 5.35. The molecule has 2 atom stereocenters. The Morgan fingerprint density at radius 3 is 2.59 bits per heavy atom. The molecule has 1 aliphatic carbocycles. The van der Waals surface area contributed by atoms with Crippen LogP contribution >= 0.6 is 0 Å². The van der Waals surface area contributed by atoms with Crippen molar-refractivity contribution in [2.24, 2.45) is 5.92 Å². The van der Waals surface area contributed by atoms with Crippen LogP contribution in [0, 0.1) is 23.1 Å². The van der Waals surface area contributed by atoms with Crippen LogP contribution in [0.5, 0.6) is 0 Å². The van der Waals surface area contributed by atoms with Gasteiger partial charge < -0.3 is 10.6 Å². The summed E-state index contributed by atoms with van der Waals surface area (Å²) in [6, 6.07) is 6.90. The molecule has 0 spiro atoms. The number of benzene rings is 1. The van der Waals surface area contributed by atoms with Gasteiger partial charge in [-0.25, -0.2) is 4.39 Å². The molecule has 2 rings (SSSR count). The van der Waals surface area contributed by atoms with Gasteiger partial charge in [0.05, 0.1) is 12.0 Å². The number of hydrogen-bond acceptors (Lipinski definition) is 3. The van der Waals surface area contributed by atoms with E-state index in [0.29, 0.717) is 12.0 Å². The van der Waals surface area contributed by atoms with Gasteiger partial charge in [0.2, 0.25) is 5.91 Å². The molecule has 5 nitrogen and oxygen atoms in total. The average Bonchev–Trinajstić information content (AvgIpc) is 2.53. The van der Waals surface area contributed by atoms with Crippen LogP contribution in [0.2, 0.25) is 0 Å². The maximum atomic E-state index is 12.9.